The minimum atomic E-state index is 0.0559. The second-order valence-electron chi connectivity index (χ2n) is 6.44. The molecule has 1 N–H and O–H groups in total. The van der Waals surface area contributed by atoms with Crippen molar-refractivity contribution in [3.8, 4) is 0 Å². The van der Waals surface area contributed by atoms with E-state index in [4.69, 9.17) is 9.84 Å². The van der Waals surface area contributed by atoms with Crippen molar-refractivity contribution in [3.63, 3.8) is 0 Å². The lowest BCUT2D eigenvalue weighted by molar-refractivity contribution is 0.107. The Morgan fingerprint density at radius 2 is 2.12 bits per heavy atom. The van der Waals surface area contributed by atoms with Gasteiger partial charge in [0.1, 0.15) is 0 Å². The average molecular weight is 335 g/mol. The van der Waals surface area contributed by atoms with E-state index in [0.717, 1.165) is 64.4 Å². The molecule has 3 rings (SSSR count). The number of rotatable bonds is 4. The van der Waals surface area contributed by atoms with Gasteiger partial charge in [0.25, 0.3) is 0 Å². The molecule has 3 heterocycles. The van der Waals surface area contributed by atoms with Crippen LogP contribution >= 0.6 is 0 Å². The summed E-state index contributed by atoms with van der Waals surface area (Å²) >= 11 is 0. The summed E-state index contributed by atoms with van der Waals surface area (Å²) in [6, 6.07) is 0.0559. The molecule has 1 aromatic heterocycles. The number of nitrogens with one attached hydrogen (secondary N) is 1. The number of hydrogen-bond donors (Lipinski definition) is 1. The van der Waals surface area contributed by atoms with Gasteiger partial charge in [-0.2, -0.15) is 5.10 Å². The van der Waals surface area contributed by atoms with Crippen molar-refractivity contribution in [1.82, 2.24) is 24.9 Å². The molecule has 2 amide bonds. The van der Waals surface area contributed by atoms with Crippen LogP contribution in [-0.2, 0) is 30.9 Å². The van der Waals surface area contributed by atoms with Gasteiger partial charge in [-0.3, -0.25) is 9.58 Å². The smallest absolute Gasteiger partial charge is 0.317 e. The molecule has 0 aromatic carbocycles. The first kappa shape index (κ1) is 17.2. The Balaban J connectivity index is 1.64. The maximum Gasteiger partial charge on any atom is 0.317 e. The first-order chi connectivity index (χ1) is 11.7. The molecule has 2 aliphatic rings. The van der Waals surface area contributed by atoms with Crippen LogP contribution in [0.3, 0.4) is 0 Å². The van der Waals surface area contributed by atoms with Gasteiger partial charge in [-0.1, -0.05) is 0 Å². The fourth-order valence-electron chi connectivity index (χ4n) is 3.57. The predicted octanol–water partition coefficient (Wildman–Crippen LogP) is 1.21. The van der Waals surface area contributed by atoms with Crippen molar-refractivity contribution in [2.24, 2.45) is 0 Å². The second-order valence-corrected chi connectivity index (χ2v) is 6.44. The van der Waals surface area contributed by atoms with Crippen LogP contribution < -0.4 is 5.32 Å². The number of nitrogens with zero attached hydrogens (tertiary/aromatic N) is 4. The van der Waals surface area contributed by atoms with Crippen LogP contribution in [0, 0.1) is 0 Å². The van der Waals surface area contributed by atoms with E-state index in [1.807, 2.05) is 11.8 Å². The van der Waals surface area contributed by atoms with Gasteiger partial charge in [0.2, 0.25) is 0 Å². The molecular formula is C17H29N5O2. The number of urea groups is 1. The van der Waals surface area contributed by atoms with Crippen LogP contribution in [0.4, 0.5) is 4.79 Å². The molecule has 1 saturated heterocycles. The first-order valence-electron chi connectivity index (χ1n) is 9.13. The van der Waals surface area contributed by atoms with Gasteiger partial charge in [0.15, 0.2) is 0 Å². The van der Waals surface area contributed by atoms with E-state index < -0.39 is 0 Å². The summed E-state index contributed by atoms with van der Waals surface area (Å²) in [5, 5.41) is 7.72. The number of carbonyl (C=O) groups is 1. The van der Waals surface area contributed by atoms with E-state index in [-0.39, 0.29) is 6.03 Å². The molecule has 24 heavy (non-hydrogen) atoms. The van der Waals surface area contributed by atoms with Crippen LogP contribution in [-0.4, -0.2) is 64.9 Å². The van der Waals surface area contributed by atoms with E-state index in [1.165, 1.54) is 11.3 Å². The summed E-state index contributed by atoms with van der Waals surface area (Å²) in [5.74, 6) is 0. The fourth-order valence-corrected chi connectivity index (χ4v) is 3.57. The van der Waals surface area contributed by atoms with E-state index >= 15 is 0 Å². The molecule has 2 aliphatic heterocycles. The Kier molecular flexibility index (Phi) is 5.73. The van der Waals surface area contributed by atoms with Crippen LogP contribution in [0.25, 0.3) is 0 Å². The van der Waals surface area contributed by atoms with Crippen LogP contribution in [0.1, 0.15) is 37.2 Å². The third kappa shape index (κ3) is 3.72. The number of fused-ring (bicyclic) bond motifs is 1. The van der Waals surface area contributed by atoms with Crippen molar-refractivity contribution in [3.05, 3.63) is 17.0 Å². The Morgan fingerprint density at radius 1 is 1.25 bits per heavy atom. The molecular weight excluding hydrogens is 306 g/mol. The second kappa shape index (κ2) is 7.98. The number of aromatic nitrogens is 2. The molecule has 7 heteroatoms. The Labute approximate surface area is 143 Å². The normalized spacial score (nSPS) is 19.0. The van der Waals surface area contributed by atoms with Gasteiger partial charge in [0, 0.05) is 63.5 Å². The monoisotopic (exact) mass is 335 g/mol. The number of ether oxygens (including phenoxy) is 1. The third-order valence-corrected chi connectivity index (χ3v) is 4.86. The van der Waals surface area contributed by atoms with Crippen molar-refractivity contribution in [2.75, 3.05) is 39.3 Å². The lowest BCUT2D eigenvalue weighted by Gasteiger charge is -2.22. The van der Waals surface area contributed by atoms with Gasteiger partial charge in [-0.05, 0) is 20.3 Å². The summed E-state index contributed by atoms with van der Waals surface area (Å²) in [6.45, 7) is 11.5. The Bertz CT molecular complexity index is 572. The molecule has 0 unspecified atom stereocenters. The first-order valence-corrected chi connectivity index (χ1v) is 9.13. The zero-order chi connectivity index (χ0) is 16.9. The largest absolute Gasteiger partial charge is 0.376 e. The SMILES string of the molecule is CCNC(=O)N1CCCN(Cc2nn(CC)c3c2COCC3)CC1. The topological polar surface area (TPSA) is 62.6 Å². The zero-order valence-corrected chi connectivity index (χ0v) is 14.9. The van der Waals surface area contributed by atoms with Gasteiger partial charge < -0.3 is 15.0 Å². The highest BCUT2D eigenvalue weighted by Crippen LogP contribution is 2.22. The third-order valence-electron chi connectivity index (χ3n) is 4.86. The minimum Gasteiger partial charge on any atom is -0.376 e. The number of carbonyl (C=O) groups excluding carboxylic acids is 1. The van der Waals surface area contributed by atoms with Gasteiger partial charge >= 0.3 is 6.03 Å². The standard InChI is InChI=1S/C17H29N5O2/c1-3-18-17(23)21-8-5-7-20(9-10-21)12-15-14-13-24-11-6-16(14)22(4-2)19-15/h3-13H2,1-2H3,(H,18,23). The summed E-state index contributed by atoms with van der Waals surface area (Å²) in [5.41, 5.74) is 3.78. The molecule has 0 atom stereocenters. The van der Waals surface area contributed by atoms with Gasteiger partial charge in [-0.25, -0.2) is 4.79 Å². The molecule has 7 nitrogen and oxygen atoms in total. The van der Waals surface area contributed by atoms with Crippen LogP contribution in [0.15, 0.2) is 0 Å². The minimum absolute atomic E-state index is 0.0559. The van der Waals surface area contributed by atoms with Gasteiger partial charge in [0.05, 0.1) is 18.9 Å². The molecule has 1 fully saturated rings. The summed E-state index contributed by atoms with van der Waals surface area (Å²) in [4.78, 5) is 16.4. The van der Waals surface area contributed by atoms with Crippen molar-refractivity contribution in [1.29, 1.82) is 0 Å². The molecule has 1 aromatic rings. The molecule has 0 spiro atoms. The lowest BCUT2D eigenvalue weighted by Crippen LogP contribution is -2.41. The summed E-state index contributed by atoms with van der Waals surface area (Å²) < 4.78 is 7.78. The van der Waals surface area contributed by atoms with Crippen molar-refractivity contribution in [2.45, 2.75) is 46.4 Å². The Morgan fingerprint density at radius 3 is 2.92 bits per heavy atom. The molecule has 0 saturated carbocycles. The van der Waals surface area contributed by atoms with Crippen LogP contribution in [0.5, 0.6) is 0 Å². The predicted molar refractivity (Wildman–Crippen MR) is 91.8 cm³/mol. The van der Waals surface area contributed by atoms with E-state index in [0.29, 0.717) is 13.2 Å². The maximum atomic E-state index is 12.0. The van der Waals surface area contributed by atoms with Crippen LogP contribution in [0.2, 0.25) is 0 Å². The molecule has 0 aliphatic carbocycles. The fraction of sp³-hybridized carbons (Fsp3) is 0.765. The highest BCUT2D eigenvalue weighted by molar-refractivity contribution is 5.74. The zero-order valence-electron chi connectivity index (χ0n) is 14.9. The van der Waals surface area contributed by atoms with E-state index in [9.17, 15) is 4.79 Å². The quantitative estimate of drug-likeness (QED) is 0.898. The maximum absolute atomic E-state index is 12.0. The summed E-state index contributed by atoms with van der Waals surface area (Å²) in [6.07, 6.45) is 1.96. The molecule has 0 radical (unpaired) electrons. The van der Waals surface area contributed by atoms with Crippen molar-refractivity contribution < 1.29 is 9.53 Å². The molecule has 0 bridgehead atoms. The highest BCUT2D eigenvalue weighted by atomic mass is 16.5. The highest BCUT2D eigenvalue weighted by Gasteiger charge is 2.24. The lowest BCUT2D eigenvalue weighted by atomic mass is 10.1. The average Bonchev–Trinajstić information content (AvgIpc) is 2.78. The number of hydrogen-bond acceptors (Lipinski definition) is 4. The molecule has 134 valence electrons. The summed E-state index contributed by atoms with van der Waals surface area (Å²) in [7, 11) is 0. The van der Waals surface area contributed by atoms with E-state index in [1.54, 1.807) is 0 Å². The van der Waals surface area contributed by atoms with E-state index in [2.05, 4.69) is 21.8 Å². The number of amides is 2. The Hall–Kier alpha value is -1.60. The van der Waals surface area contributed by atoms with Crippen molar-refractivity contribution >= 4 is 6.03 Å². The number of aryl methyl sites for hydroxylation is 1. The van der Waals surface area contributed by atoms with Gasteiger partial charge in [-0.15, -0.1) is 0 Å².